The van der Waals surface area contributed by atoms with Crippen LogP contribution in [0.5, 0.6) is 11.5 Å². The third kappa shape index (κ3) is 6.34. The van der Waals surface area contributed by atoms with Gasteiger partial charge in [-0.3, -0.25) is 4.79 Å². The summed E-state index contributed by atoms with van der Waals surface area (Å²) in [6.07, 6.45) is 0.868. The minimum Gasteiger partial charge on any atom is -0.489 e. The van der Waals surface area contributed by atoms with E-state index in [-0.39, 0.29) is 5.91 Å². The van der Waals surface area contributed by atoms with Gasteiger partial charge in [-0.1, -0.05) is 66.2 Å². The van der Waals surface area contributed by atoms with E-state index in [1.54, 1.807) is 13.1 Å². The van der Waals surface area contributed by atoms with E-state index in [0.717, 1.165) is 21.9 Å². The van der Waals surface area contributed by atoms with Crippen LogP contribution in [0.2, 0.25) is 5.02 Å². The van der Waals surface area contributed by atoms with Crippen LogP contribution in [-0.4, -0.2) is 18.2 Å². The van der Waals surface area contributed by atoms with Crippen molar-refractivity contribution >= 4 is 34.5 Å². The highest BCUT2D eigenvalue weighted by atomic mass is 35.5. The number of benzene rings is 4. The summed E-state index contributed by atoms with van der Waals surface area (Å²) in [7, 11) is 0. The summed E-state index contributed by atoms with van der Waals surface area (Å²) in [6, 6.07) is 28.7. The van der Waals surface area contributed by atoms with Gasteiger partial charge in [-0.25, -0.2) is 5.43 Å². The second-order valence-electron chi connectivity index (χ2n) is 7.49. The average molecular weight is 459 g/mol. The summed E-state index contributed by atoms with van der Waals surface area (Å²) in [4.78, 5) is 12.4. The minimum atomic E-state index is -0.697. The quantitative estimate of drug-likeness (QED) is 0.260. The molecular weight excluding hydrogens is 436 g/mol. The van der Waals surface area contributed by atoms with Gasteiger partial charge < -0.3 is 9.47 Å². The van der Waals surface area contributed by atoms with Crippen LogP contribution in [0.4, 0.5) is 0 Å². The van der Waals surface area contributed by atoms with Crippen molar-refractivity contribution in [2.75, 3.05) is 0 Å². The van der Waals surface area contributed by atoms with Crippen LogP contribution in [0, 0.1) is 0 Å². The maximum Gasteiger partial charge on any atom is 0.280 e. The lowest BCUT2D eigenvalue weighted by molar-refractivity contribution is -0.127. The SMILES string of the molecule is C[C@@H](Oc1ccc2ccccc2c1)C(=O)N/N=C\c1cccc(OCc2ccc(Cl)cc2)c1. The summed E-state index contributed by atoms with van der Waals surface area (Å²) >= 11 is 5.91. The smallest absolute Gasteiger partial charge is 0.280 e. The van der Waals surface area contributed by atoms with E-state index in [1.165, 1.54) is 0 Å². The molecule has 6 heteroatoms. The Labute approximate surface area is 197 Å². The number of rotatable bonds is 8. The molecule has 1 atom stereocenters. The molecule has 0 heterocycles. The lowest BCUT2D eigenvalue weighted by atomic mass is 10.1. The zero-order valence-electron chi connectivity index (χ0n) is 18.1. The van der Waals surface area contributed by atoms with Gasteiger partial charge in [0, 0.05) is 5.02 Å². The molecule has 0 radical (unpaired) electrons. The number of hydrazone groups is 1. The van der Waals surface area contributed by atoms with Gasteiger partial charge in [-0.15, -0.1) is 0 Å². The van der Waals surface area contributed by atoms with Gasteiger partial charge in [-0.05, 0) is 65.2 Å². The molecular formula is C27H23ClN2O3. The van der Waals surface area contributed by atoms with Gasteiger partial charge >= 0.3 is 0 Å². The number of halogens is 1. The Morgan fingerprint density at radius 3 is 2.55 bits per heavy atom. The molecule has 0 aromatic heterocycles. The number of nitrogens with one attached hydrogen (secondary N) is 1. The maximum absolute atomic E-state index is 12.4. The number of amides is 1. The standard InChI is InChI=1S/C27H23ClN2O3/c1-19(33-26-14-11-22-6-2-3-7-23(22)16-26)27(31)30-29-17-21-5-4-8-25(15-21)32-18-20-9-12-24(28)13-10-20/h2-17,19H,18H2,1H3,(H,30,31)/b29-17-/t19-/m1/s1. The Bertz CT molecular complexity index is 1270. The second kappa shape index (κ2) is 10.7. The highest BCUT2D eigenvalue weighted by molar-refractivity contribution is 6.30. The third-order valence-corrected chi connectivity index (χ3v) is 5.22. The number of carbonyl (C=O) groups is 1. The average Bonchev–Trinajstić information content (AvgIpc) is 2.84. The lowest BCUT2D eigenvalue weighted by Gasteiger charge is -2.13. The molecule has 166 valence electrons. The van der Waals surface area contributed by atoms with Crippen molar-refractivity contribution in [3.63, 3.8) is 0 Å². The first-order chi connectivity index (χ1) is 16.1. The van der Waals surface area contributed by atoms with Crippen molar-refractivity contribution in [3.8, 4) is 11.5 Å². The van der Waals surface area contributed by atoms with E-state index < -0.39 is 6.10 Å². The Morgan fingerprint density at radius 2 is 1.73 bits per heavy atom. The summed E-state index contributed by atoms with van der Waals surface area (Å²) in [6.45, 7) is 2.11. The number of fused-ring (bicyclic) bond motifs is 1. The molecule has 1 amide bonds. The Morgan fingerprint density at radius 1 is 0.939 bits per heavy atom. The summed E-state index contributed by atoms with van der Waals surface area (Å²) < 4.78 is 11.6. The zero-order valence-corrected chi connectivity index (χ0v) is 18.8. The molecule has 33 heavy (non-hydrogen) atoms. The van der Waals surface area contributed by atoms with E-state index in [0.29, 0.717) is 23.1 Å². The van der Waals surface area contributed by atoms with Gasteiger partial charge in [0.25, 0.3) is 5.91 Å². The Kier molecular flexibility index (Phi) is 7.22. The molecule has 0 spiro atoms. The molecule has 4 aromatic rings. The van der Waals surface area contributed by atoms with E-state index >= 15 is 0 Å². The summed E-state index contributed by atoms with van der Waals surface area (Å²) in [5.74, 6) is 0.994. The van der Waals surface area contributed by atoms with E-state index in [4.69, 9.17) is 21.1 Å². The van der Waals surface area contributed by atoms with Crippen molar-refractivity contribution < 1.29 is 14.3 Å². The number of nitrogens with zero attached hydrogens (tertiary/aromatic N) is 1. The van der Waals surface area contributed by atoms with Crippen LogP contribution in [-0.2, 0) is 11.4 Å². The lowest BCUT2D eigenvalue weighted by Crippen LogP contribution is -2.33. The highest BCUT2D eigenvalue weighted by Crippen LogP contribution is 2.21. The Balaban J connectivity index is 1.29. The van der Waals surface area contributed by atoms with Crippen molar-refractivity contribution in [2.24, 2.45) is 5.10 Å². The largest absolute Gasteiger partial charge is 0.489 e. The summed E-state index contributed by atoms with van der Waals surface area (Å²) in [5.41, 5.74) is 4.34. The van der Waals surface area contributed by atoms with Crippen LogP contribution in [0.3, 0.4) is 0 Å². The fourth-order valence-corrected chi connectivity index (χ4v) is 3.32. The molecule has 0 unspecified atom stereocenters. The molecule has 0 bridgehead atoms. The molecule has 0 saturated heterocycles. The first-order valence-electron chi connectivity index (χ1n) is 10.5. The normalized spacial score (nSPS) is 11.9. The predicted octanol–water partition coefficient (Wildman–Crippen LogP) is 5.99. The second-order valence-corrected chi connectivity index (χ2v) is 7.93. The molecule has 4 rings (SSSR count). The number of ether oxygens (including phenoxy) is 2. The molecule has 0 saturated carbocycles. The molecule has 0 aliphatic rings. The predicted molar refractivity (Wildman–Crippen MR) is 132 cm³/mol. The van der Waals surface area contributed by atoms with Crippen LogP contribution in [0.25, 0.3) is 10.8 Å². The van der Waals surface area contributed by atoms with Crippen LogP contribution >= 0.6 is 11.6 Å². The van der Waals surface area contributed by atoms with Gasteiger partial charge in [0.15, 0.2) is 6.10 Å². The van der Waals surface area contributed by atoms with Crippen molar-refractivity contribution in [1.82, 2.24) is 5.43 Å². The molecule has 0 aliphatic carbocycles. The number of hydrogen-bond donors (Lipinski definition) is 1. The van der Waals surface area contributed by atoms with Gasteiger partial charge in [0.1, 0.15) is 18.1 Å². The van der Waals surface area contributed by atoms with Gasteiger partial charge in [0.2, 0.25) is 0 Å². The van der Waals surface area contributed by atoms with Crippen LogP contribution < -0.4 is 14.9 Å². The van der Waals surface area contributed by atoms with E-state index in [2.05, 4.69) is 10.5 Å². The topological polar surface area (TPSA) is 59.9 Å². The molecule has 1 N–H and O–H groups in total. The minimum absolute atomic E-state index is 0.338. The van der Waals surface area contributed by atoms with Gasteiger partial charge in [0.05, 0.1) is 6.21 Å². The van der Waals surface area contributed by atoms with Crippen LogP contribution in [0.1, 0.15) is 18.1 Å². The number of carbonyl (C=O) groups excluding carboxylic acids is 1. The third-order valence-electron chi connectivity index (χ3n) is 4.97. The van der Waals surface area contributed by atoms with Crippen LogP contribution in [0.15, 0.2) is 96.1 Å². The Hall–Kier alpha value is -3.83. The van der Waals surface area contributed by atoms with Crippen molar-refractivity contribution in [3.05, 3.63) is 107 Å². The first-order valence-corrected chi connectivity index (χ1v) is 10.9. The molecule has 0 aliphatic heterocycles. The molecule has 0 fully saturated rings. The summed E-state index contributed by atoms with van der Waals surface area (Å²) in [5, 5.41) is 6.91. The van der Waals surface area contributed by atoms with Crippen molar-refractivity contribution in [2.45, 2.75) is 19.6 Å². The van der Waals surface area contributed by atoms with E-state index in [9.17, 15) is 4.79 Å². The molecule has 4 aromatic carbocycles. The highest BCUT2D eigenvalue weighted by Gasteiger charge is 2.14. The zero-order chi connectivity index (χ0) is 23.0. The monoisotopic (exact) mass is 458 g/mol. The van der Waals surface area contributed by atoms with Gasteiger partial charge in [-0.2, -0.15) is 5.10 Å². The van der Waals surface area contributed by atoms with E-state index in [1.807, 2.05) is 91.0 Å². The fraction of sp³-hybridized carbons (Fsp3) is 0.111. The molecule has 5 nitrogen and oxygen atoms in total. The van der Waals surface area contributed by atoms with Crippen molar-refractivity contribution in [1.29, 1.82) is 0 Å². The maximum atomic E-state index is 12.4. The fourth-order valence-electron chi connectivity index (χ4n) is 3.19. The number of hydrogen-bond acceptors (Lipinski definition) is 4. The first kappa shape index (κ1) is 22.4.